The molecule has 0 amide bonds. The third kappa shape index (κ3) is 2.74. The smallest absolute Gasteiger partial charge is 0.0782 e. The van der Waals surface area contributed by atoms with Gasteiger partial charge in [0.05, 0.1) is 11.1 Å². The van der Waals surface area contributed by atoms with Crippen LogP contribution in [0, 0.1) is 0 Å². The van der Waals surface area contributed by atoms with Gasteiger partial charge in [0, 0.05) is 9.75 Å². The Bertz CT molecular complexity index is 475. The van der Waals surface area contributed by atoms with Crippen molar-refractivity contribution in [1.29, 1.82) is 0 Å². The second kappa shape index (κ2) is 6.01. The van der Waals surface area contributed by atoms with Gasteiger partial charge >= 0.3 is 0 Å². The number of halogens is 1. The molecule has 2 aromatic heterocycles. The number of nitrogens with one attached hydrogen (secondary N) is 1. The highest BCUT2D eigenvalue weighted by Gasteiger charge is 2.20. The van der Waals surface area contributed by atoms with Crippen molar-refractivity contribution in [1.82, 2.24) is 5.32 Å². The van der Waals surface area contributed by atoms with Crippen LogP contribution < -0.4 is 5.32 Å². The number of aryl methyl sites for hydroxylation is 1. The summed E-state index contributed by atoms with van der Waals surface area (Å²) in [7, 11) is 0. The fourth-order valence-electron chi connectivity index (χ4n) is 1.91. The van der Waals surface area contributed by atoms with Crippen LogP contribution in [0.3, 0.4) is 0 Å². The van der Waals surface area contributed by atoms with Gasteiger partial charge in [0.2, 0.25) is 0 Å². The van der Waals surface area contributed by atoms with Gasteiger partial charge in [-0.1, -0.05) is 25.4 Å². The van der Waals surface area contributed by atoms with Crippen LogP contribution in [0.1, 0.15) is 35.2 Å². The lowest BCUT2D eigenvalue weighted by Crippen LogP contribution is -2.21. The fourth-order valence-corrected chi connectivity index (χ4v) is 4.32. The SMILES string of the molecule is CCNC(c1sccc1Cl)c1sccc1CC. The maximum atomic E-state index is 6.26. The first kappa shape index (κ1) is 13.1. The lowest BCUT2D eigenvalue weighted by Gasteiger charge is -2.17. The van der Waals surface area contributed by atoms with E-state index >= 15 is 0 Å². The molecular formula is C13H16ClNS2. The summed E-state index contributed by atoms with van der Waals surface area (Å²) in [6, 6.07) is 4.44. The predicted molar refractivity (Wildman–Crippen MR) is 78.5 cm³/mol. The van der Waals surface area contributed by atoms with Crippen LogP contribution in [0.25, 0.3) is 0 Å². The molecule has 4 heteroatoms. The molecule has 0 spiro atoms. The molecule has 0 aliphatic heterocycles. The summed E-state index contributed by atoms with van der Waals surface area (Å²) in [5.74, 6) is 0. The molecule has 0 aromatic carbocycles. The van der Waals surface area contributed by atoms with Gasteiger partial charge in [-0.3, -0.25) is 0 Å². The largest absolute Gasteiger partial charge is 0.305 e. The van der Waals surface area contributed by atoms with Crippen molar-refractivity contribution < 1.29 is 0 Å². The Morgan fingerprint density at radius 2 is 1.88 bits per heavy atom. The first-order valence-electron chi connectivity index (χ1n) is 5.80. The van der Waals surface area contributed by atoms with E-state index in [4.69, 9.17) is 11.6 Å². The Hall–Kier alpha value is -0.350. The van der Waals surface area contributed by atoms with Crippen molar-refractivity contribution in [2.45, 2.75) is 26.3 Å². The van der Waals surface area contributed by atoms with Crippen molar-refractivity contribution in [2.75, 3.05) is 6.54 Å². The summed E-state index contributed by atoms with van der Waals surface area (Å²) in [6.45, 7) is 5.28. The van der Waals surface area contributed by atoms with E-state index in [9.17, 15) is 0 Å². The van der Waals surface area contributed by atoms with Crippen LogP contribution >= 0.6 is 34.3 Å². The molecule has 1 unspecified atom stereocenters. The van der Waals surface area contributed by atoms with Gasteiger partial charge in [0.25, 0.3) is 0 Å². The molecule has 0 bridgehead atoms. The minimum atomic E-state index is 0.252. The second-order valence-electron chi connectivity index (χ2n) is 3.79. The van der Waals surface area contributed by atoms with Crippen LogP contribution in [0.15, 0.2) is 22.9 Å². The number of hydrogen-bond donors (Lipinski definition) is 1. The zero-order valence-corrected chi connectivity index (χ0v) is 12.4. The molecule has 92 valence electrons. The second-order valence-corrected chi connectivity index (χ2v) is 6.09. The monoisotopic (exact) mass is 285 g/mol. The van der Waals surface area contributed by atoms with Gasteiger partial charge in [-0.2, -0.15) is 0 Å². The molecule has 1 nitrogen and oxygen atoms in total. The summed E-state index contributed by atoms with van der Waals surface area (Å²) < 4.78 is 0. The highest BCUT2D eigenvalue weighted by atomic mass is 35.5. The van der Waals surface area contributed by atoms with Gasteiger partial charge in [-0.25, -0.2) is 0 Å². The Morgan fingerprint density at radius 1 is 1.18 bits per heavy atom. The van der Waals surface area contributed by atoms with Gasteiger partial charge in [-0.05, 0) is 41.4 Å². The van der Waals surface area contributed by atoms with E-state index in [-0.39, 0.29) is 6.04 Å². The molecule has 17 heavy (non-hydrogen) atoms. The molecule has 1 N–H and O–H groups in total. The molecule has 0 fully saturated rings. The maximum absolute atomic E-state index is 6.26. The zero-order valence-electron chi connectivity index (χ0n) is 10.00. The van der Waals surface area contributed by atoms with Crippen molar-refractivity contribution in [2.24, 2.45) is 0 Å². The average Bonchev–Trinajstić information content (AvgIpc) is 2.94. The number of hydrogen-bond acceptors (Lipinski definition) is 3. The molecule has 2 heterocycles. The van der Waals surface area contributed by atoms with E-state index in [2.05, 4.69) is 36.0 Å². The lowest BCUT2D eigenvalue weighted by molar-refractivity contribution is 0.644. The quantitative estimate of drug-likeness (QED) is 0.838. The first-order valence-corrected chi connectivity index (χ1v) is 7.94. The molecule has 0 aliphatic rings. The van der Waals surface area contributed by atoms with E-state index in [1.165, 1.54) is 15.3 Å². The highest BCUT2D eigenvalue weighted by Crippen LogP contribution is 2.36. The van der Waals surface area contributed by atoms with E-state index in [1.807, 2.05) is 17.4 Å². The molecule has 0 aliphatic carbocycles. The molecular weight excluding hydrogens is 270 g/mol. The highest BCUT2D eigenvalue weighted by molar-refractivity contribution is 7.12. The third-order valence-electron chi connectivity index (χ3n) is 2.74. The van der Waals surface area contributed by atoms with Crippen molar-refractivity contribution in [3.05, 3.63) is 43.2 Å². The van der Waals surface area contributed by atoms with Crippen LogP contribution in [-0.2, 0) is 6.42 Å². The minimum Gasteiger partial charge on any atom is -0.305 e. The fraction of sp³-hybridized carbons (Fsp3) is 0.385. The normalized spacial score (nSPS) is 12.9. The number of rotatable bonds is 5. The lowest BCUT2D eigenvalue weighted by atomic mass is 10.1. The maximum Gasteiger partial charge on any atom is 0.0782 e. The Morgan fingerprint density at radius 3 is 2.47 bits per heavy atom. The molecule has 0 radical (unpaired) electrons. The summed E-state index contributed by atoms with van der Waals surface area (Å²) in [4.78, 5) is 2.63. The summed E-state index contributed by atoms with van der Waals surface area (Å²) in [5, 5.41) is 8.63. The zero-order chi connectivity index (χ0) is 12.3. The van der Waals surface area contributed by atoms with Crippen LogP contribution in [0.2, 0.25) is 5.02 Å². The van der Waals surface area contributed by atoms with Crippen molar-refractivity contribution >= 4 is 34.3 Å². The Balaban J connectivity index is 2.39. The summed E-state index contributed by atoms with van der Waals surface area (Å²) >= 11 is 9.80. The standard InChI is InChI=1S/C13H16ClNS2/c1-3-9-5-7-16-12(9)11(15-4-2)13-10(14)6-8-17-13/h5-8,11,15H,3-4H2,1-2H3. The third-order valence-corrected chi connectivity index (χ3v) is 5.19. The van der Waals surface area contributed by atoms with Gasteiger partial charge < -0.3 is 5.32 Å². The van der Waals surface area contributed by atoms with Crippen LogP contribution in [-0.4, -0.2) is 6.54 Å². The molecule has 2 aromatic rings. The predicted octanol–water partition coefficient (Wildman–Crippen LogP) is 4.72. The topological polar surface area (TPSA) is 12.0 Å². The molecule has 2 rings (SSSR count). The van der Waals surface area contributed by atoms with Crippen LogP contribution in [0.4, 0.5) is 0 Å². The van der Waals surface area contributed by atoms with E-state index in [0.29, 0.717) is 0 Å². The Labute approximate surface area is 115 Å². The summed E-state index contributed by atoms with van der Waals surface area (Å²) in [6.07, 6.45) is 1.07. The molecule has 0 saturated heterocycles. The van der Waals surface area contributed by atoms with Crippen LogP contribution in [0.5, 0.6) is 0 Å². The van der Waals surface area contributed by atoms with Gasteiger partial charge in [0.15, 0.2) is 0 Å². The molecule has 0 saturated carbocycles. The van der Waals surface area contributed by atoms with E-state index < -0.39 is 0 Å². The number of thiophene rings is 2. The van der Waals surface area contributed by atoms with Gasteiger partial charge in [0.1, 0.15) is 0 Å². The first-order chi connectivity index (χ1) is 8.27. The van der Waals surface area contributed by atoms with E-state index in [0.717, 1.165) is 18.0 Å². The Kier molecular flexibility index (Phi) is 4.62. The van der Waals surface area contributed by atoms with Crippen molar-refractivity contribution in [3.8, 4) is 0 Å². The molecule has 1 atom stereocenters. The van der Waals surface area contributed by atoms with Gasteiger partial charge in [-0.15, -0.1) is 22.7 Å². The average molecular weight is 286 g/mol. The minimum absolute atomic E-state index is 0.252. The van der Waals surface area contributed by atoms with Crippen molar-refractivity contribution in [3.63, 3.8) is 0 Å². The van der Waals surface area contributed by atoms with E-state index in [1.54, 1.807) is 11.3 Å². The summed E-state index contributed by atoms with van der Waals surface area (Å²) in [5.41, 5.74) is 1.42.